The van der Waals surface area contributed by atoms with Gasteiger partial charge in [0.1, 0.15) is 5.82 Å². The molecule has 158 valence electrons. The average molecular weight is 493 g/mol. The number of aromatic nitrogens is 2. The van der Waals surface area contributed by atoms with Crippen LogP contribution in [0.25, 0.3) is 11.4 Å². The fourth-order valence-electron chi connectivity index (χ4n) is 3.39. The third kappa shape index (κ3) is 5.14. The zero-order valence-electron chi connectivity index (χ0n) is 16.6. The number of benzene rings is 1. The summed E-state index contributed by atoms with van der Waals surface area (Å²) in [6.07, 6.45) is 0.700. The summed E-state index contributed by atoms with van der Waals surface area (Å²) < 4.78 is 20.1. The van der Waals surface area contributed by atoms with Crippen LogP contribution in [0.3, 0.4) is 0 Å². The number of nitrogens with zero attached hydrogens (tertiary/aromatic N) is 4. The number of aryl methyl sites for hydroxylation is 2. The van der Waals surface area contributed by atoms with Gasteiger partial charge in [0.25, 0.3) is 0 Å². The highest BCUT2D eigenvalue weighted by atomic mass is 79.9. The molecule has 4 rings (SSSR count). The van der Waals surface area contributed by atoms with Crippen molar-refractivity contribution in [1.29, 1.82) is 0 Å². The van der Waals surface area contributed by atoms with Gasteiger partial charge in [-0.1, -0.05) is 17.3 Å². The first-order valence-corrected chi connectivity index (χ1v) is 11.4. The molecule has 9 heteroatoms. The minimum absolute atomic E-state index is 0.0923. The lowest BCUT2D eigenvalue weighted by Crippen LogP contribution is -2.48. The molecule has 1 aliphatic heterocycles. The Hall–Kier alpha value is -2.10. The lowest BCUT2D eigenvalue weighted by molar-refractivity contribution is -0.133. The van der Waals surface area contributed by atoms with Gasteiger partial charge in [0.2, 0.25) is 17.6 Å². The number of carbonyl (C=O) groups excluding carboxylic acids is 1. The molecule has 0 saturated carbocycles. The normalized spacial score (nSPS) is 15.0. The monoisotopic (exact) mass is 492 g/mol. The summed E-state index contributed by atoms with van der Waals surface area (Å²) >= 11 is 5.24. The van der Waals surface area contributed by atoms with E-state index in [9.17, 15) is 9.18 Å². The number of thiophene rings is 1. The molecular weight excluding hydrogens is 471 g/mol. The standard InChI is InChI=1S/C21H22BrFN4O2S/c1-14-2-3-15(12-17(14)23)21-24-19(29-25-21)6-7-20(28)27-10-8-26(9-11-27)13-16-4-5-18(22)30-16/h2-5,12H,6-11,13H2,1H3. The van der Waals surface area contributed by atoms with E-state index in [1.54, 1.807) is 30.4 Å². The molecule has 2 aromatic heterocycles. The first-order chi connectivity index (χ1) is 14.5. The summed E-state index contributed by atoms with van der Waals surface area (Å²) in [7, 11) is 0. The largest absolute Gasteiger partial charge is 0.340 e. The fourth-order valence-corrected chi connectivity index (χ4v) is 4.92. The predicted molar refractivity (Wildman–Crippen MR) is 117 cm³/mol. The van der Waals surface area contributed by atoms with Crippen LogP contribution in [0.15, 0.2) is 38.6 Å². The number of amides is 1. The van der Waals surface area contributed by atoms with Crippen molar-refractivity contribution in [3.8, 4) is 11.4 Å². The van der Waals surface area contributed by atoms with Gasteiger partial charge in [0.15, 0.2) is 0 Å². The van der Waals surface area contributed by atoms with Crippen LogP contribution >= 0.6 is 27.3 Å². The van der Waals surface area contributed by atoms with Gasteiger partial charge in [-0.3, -0.25) is 9.69 Å². The van der Waals surface area contributed by atoms with Crippen molar-refractivity contribution < 1.29 is 13.7 Å². The molecule has 6 nitrogen and oxygen atoms in total. The van der Waals surface area contributed by atoms with Crippen molar-refractivity contribution in [1.82, 2.24) is 19.9 Å². The van der Waals surface area contributed by atoms with Crippen molar-refractivity contribution in [3.63, 3.8) is 0 Å². The fraction of sp³-hybridized carbons (Fsp3) is 0.381. The zero-order valence-corrected chi connectivity index (χ0v) is 19.0. The van der Waals surface area contributed by atoms with E-state index >= 15 is 0 Å². The first-order valence-electron chi connectivity index (χ1n) is 9.81. The zero-order chi connectivity index (χ0) is 21.1. The van der Waals surface area contributed by atoms with Crippen LogP contribution in [-0.2, 0) is 17.8 Å². The second kappa shape index (κ2) is 9.36. The van der Waals surface area contributed by atoms with Gasteiger partial charge < -0.3 is 9.42 Å². The van der Waals surface area contributed by atoms with E-state index < -0.39 is 0 Å². The molecule has 0 spiro atoms. The van der Waals surface area contributed by atoms with E-state index in [1.807, 2.05) is 4.90 Å². The van der Waals surface area contributed by atoms with E-state index in [4.69, 9.17) is 4.52 Å². The maximum Gasteiger partial charge on any atom is 0.227 e. The molecule has 0 atom stereocenters. The number of rotatable bonds is 6. The smallest absolute Gasteiger partial charge is 0.227 e. The second-order valence-corrected chi connectivity index (χ2v) is 9.89. The molecule has 3 aromatic rings. The Labute approximate surface area is 186 Å². The van der Waals surface area contributed by atoms with E-state index in [0.717, 1.165) is 36.5 Å². The summed E-state index contributed by atoms with van der Waals surface area (Å²) in [6, 6.07) is 9.03. The van der Waals surface area contributed by atoms with Crippen molar-refractivity contribution >= 4 is 33.2 Å². The minimum atomic E-state index is -0.306. The maximum atomic E-state index is 13.7. The molecule has 1 amide bonds. The summed E-state index contributed by atoms with van der Waals surface area (Å²) in [5.41, 5.74) is 1.13. The van der Waals surface area contributed by atoms with Gasteiger partial charge in [-0.2, -0.15) is 4.98 Å². The van der Waals surface area contributed by atoms with Crippen LogP contribution in [0.1, 0.15) is 22.8 Å². The Bertz CT molecular complexity index is 1030. The molecule has 3 heterocycles. The molecule has 1 saturated heterocycles. The average Bonchev–Trinajstić information content (AvgIpc) is 3.38. The van der Waals surface area contributed by atoms with Gasteiger partial charge in [0, 0.05) is 56.0 Å². The molecule has 30 heavy (non-hydrogen) atoms. The van der Waals surface area contributed by atoms with E-state index in [-0.39, 0.29) is 11.7 Å². The van der Waals surface area contributed by atoms with Gasteiger partial charge in [-0.05, 0) is 46.6 Å². The molecule has 0 unspecified atom stereocenters. The Morgan fingerprint density at radius 2 is 2.03 bits per heavy atom. The van der Waals surface area contributed by atoms with Gasteiger partial charge in [0.05, 0.1) is 3.79 Å². The summed E-state index contributed by atoms with van der Waals surface area (Å²) in [5.74, 6) is 0.515. The van der Waals surface area contributed by atoms with Crippen LogP contribution in [0.4, 0.5) is 4.39 Å². The molecule has 1 aliphatic rings. The summed E-state index contributed by atoms with van der Waals surface area (Å²) in [4.78, 5) is 22.5. The van der Waals surface area contributed by atoms with Crippen molar-refractivity contribution in [3.05, 3.63) is 56.3 Å². The van der Waals surface area contributed by atoms with Crippen LogP contribution in [0.5, 0.6) is 0 Å². The Morgan fingerprint density at radius 1 is 1.23 bits per heavy atom. The Balaban J connectivity index is 1.25. The summed E-state index contributed by atoms with van der Waals surface area (Å²) in [6.45, 7) is 5.80. The van der Waals surface area contributed by atoms with E-state index in [2.05, 4.69) is 43.1 Å². The minimum Gasteiger partial charge on any atom is -0.340 e. The SMILES string of the molecule is Cc1ccc(-c2noc(CCC(=O)N3CCN(Cc4ccc(Br)s4)CC3)n2)cc1F. The number of halogens is 2. The quantitative estimate of drug-likeness (QED) is 0.513. The highest BCUT2D eigenvalue weighted by Gasteiger charge is 2.22. The number of carbonyl (C=O) groups is 1. The van der Waals surface area contributed by atoms with Gasteiger partial charge in [-0.15, -0.1) is 11.3 Å². The van der Waals surface area contributed by atoms with Crippen LogP contribution in [0.2, 0.25) is 0 Å². The third-order valence-electron chi connectivity index (χ3n) is 5.18. The molecule has 0 bridgehead atoms. The number of hydrogen-bond acceptors (Lipinski definition) is 6. The van der Waals surface area contributed by atoms with Crippen LogP contribution in [-0.4, -0.2) is 52.0 Å². The highest BCUT2D eigenvalue weighted by Crippen LogP contribution is 2.24. The maximum absolute atomic E-state index is 13.7. The van der Waals surface area contributed by atoms with E-state index in [1.165, 1.54) is 10.9 Å². The van der Waals surface area contributed by atoms with Gasteiger partial charge >= 0.3 is 0 Å². The molecule has 0 aliphatic carbocycles. The molecule has 1 fully saturated rings. The predicted octanol–water partition coefficient (Wildman–Crippen LogP) is 4.29. The number of piperazine rings is 1. The molecule has 0 N–H and O–H groups in total. The van der Waals surface area contributed by atoms with E-state index in [0.29, 0.717) is 35.7 Å². The lowest BCUT2D eigenvalue weighted by Gasteiger charge is -2.34. The van der Waals surface area contributed by atoms with Crippen molar-refractivity contribution in [2.45, 2.75) is 26.3 Å². The molecule has 0 radical (unpaired) electrons. The lowest BCUT2D eigenvalue weighted by atomic mass is 10.1. The van der Waals surface area contributed by atoms with Crippen LogP contribution < -0.4 is 0 Å². The topological polar surface area (TPSA) is 62.5 Å². The second-order valence-electron chi connectivity index (χ2n) is 7.34. The van der Waals surface area contributed by atoms with Crippen molar-refractivity contribution in [2.75, 3.05) is 26.2 Å². The summed E-state index contributed by atoms with van der Waals surface area (Å²) in [5, 5.41) is 3.91. The van der Waals surface area contributed by atoms with Gasteiger partial charge in [-0.25, -0.2) is 4.39 Å². The Morgan fingerprint density at radius 3 is 2.73 bits per heavy atom. The molecule has 1 aromatic carbocycles. The van der Waals surface area contributed by atoms with Crippen LogP contribution in [0, 0.1) is 12.7 Å². The third-order valence-corrected chi connectivity index (χ3v) is 6.79. The first kappa shape index (κ1) is 21.1. The highest BCUT2D eigenvalue weighted by molar-refractivity contribution is 9.11. The van der Waals surface area contributed by atoms with Crippen molar-refractivity contribution in [2.24, 2.45) is 0 Å². The molecular formula is C21H22BrFN4O2S. The Kier molecular flexibility index (Phi) is 6.60. The number of hydrogen-bond donors (Lipinski definition) is 0.